The third-order valence-electron chi connectivity index (χ3n) is 4.58. The Balaban J connectivity index is 1.68. The van der Waals surface area contributed by atoms with Crippen molar-refractivity contribution in [3.63, 3.8) is 0 Å². The zero-order valence-electron chi connectivity index (χ0n) is 12.0. The van der Waals surface area contributed by atoms with E-state index in [1.807, 2.05) is 29.2 Å². The largest absolute Gasteiger partial charge is 0.497 e. The first-order valence-corrected chi connectivity index (χ1v) is 7.49. The van der Waals surface area contributed by atoms with Gasteiger partial charge in [-0.15, -0.1) is 0 Å². The van der Waals surface area contributed by atoms with Crippen molar-refractivity contribution in [1.29, 1.82) is 0 Å². The minimum atomic E-state index is 0.0369. The lowest BCUT2D eigenvalue weighted by Crippen LogP contribution is -2.48. The predicted molar refractivity (Wildman–Crippen MR) is 79.1 cm³/mol. The van der Waals surface area contributed by atoms with Crippen LogP contribution in [-0.2, 0) is 0 Å². The topological polar surface area (TPSA) is 41.6 Å². The Morgan fingerprint density at radius 2 is 2.15 bits per heavy atom. The second-order valence-corrected chi connectivity index (χ2v) is 5.76. The van der Waals surface area contributed by atoms with Gasteiger partial charge in [0.15, 0.2) is 0 Å². The highest BCUT2D eigenvalue weighted by molar-refractivity contribution is 5.89. The Kier molecular flexibility index (Phi) is 3.81. The van der Waals surface area contributed by atoms with Gasteiger partial charge in [0.1, 0.15) is 5.75 Å². The number of likely N-dealkylation sites (tertiary alicyclic amines) is 1. The molecule has 4 nitrogen and oxygen atoms in total. The van der Waals surface area contributed by atoms with E-state index in [4.69, 9.17) is 4.74 Å². The summed E-state index contributed by atoms with van der Waals surface area (Å²) in [6.07, 6.45) is 6.13. The molecule has 2 fully saturated rings. The van der Waals surface area contributed by atoms with Gasteiger partial charge in [-0.1, -0.05) is 12.5 Å². The fourth-order valence-corrected chi connectivity index (χ4v) is 3.60. The molecule has 2 atom stereocenters. The molecule has 1 saturated carbocycles. The van der Waals surface area contributed by atoms with Gasteiger partial charge in [0.05, 0.1) is 7.11 Å². The molecule has 108 valence electrons. The molecule has 0 unspecified atom stereocenters. The van der Waals surface area contributed by atoms with E-state index in [0.29, 0.717) is 6.04 Å². The van der Waals surface area contributed by atoms with Gasteiger partial charge in [0.2, 0.25) is 0 Å². The number of hydrogen-bond donors (Lipinski definition) is 1. The number of hydrogen-bond acceptors (Lipinski definition) is 2. The van der Waals surface area contributed by atoms with Crippen molar-refractivity contribution in [2.24, 2.45) is 5.92 Å². The Hall–Kier alpha value is -1.71. The molecule has 1 aromatic rings. The summed E-state index contributed by atoms with van der Waals surface area (Å²) in [6, 6.07) is 8.01. The molecular formula is C16H22N2O2. The smallest absolute Gasteiger partial charge is 0.322 e. The molecule has 0 aromatic heterocycles. The minimum absolute atomic E-state index is 0.0369. The maximum atomic E-state index is 12.5. The van der Waals surface area contributed by atoms with Crippen LogP contribution in [0.3, 0.4) is 0 Å². The van der Waals surface area contributed by atoms with Gasteiger partial charge < -0.3 is 15.0 Å². The molecule has 3 rings (SSSR count). The number of piperidine rings is 1. The third-order valence-corrected chi connectivity index (χ3v) is 4.58. The van der Waals surface area contributed by atoms with E-state index in [-0.39, 0.29) is 6.03 Å². The Labute approximate surface area is 120 Å². The van der Waals surface area contributed by atoms with Crippen molar-refractivity contribution in [2.75, 3.05) is 19.0 Å². The zero-order valence-corrected chi connectivity index (χ0v) is 12.0. The average molecular weight is 274 g/mol. The molecule has 1 aliphatic heterocycles. The molecule has 4 heteroatoms. The number of carbonyl (C=O) groups is 1. The molecule has 0 radical (unpaired) electrons. The van der Waals surface area contributed by atoms with Crippen LogP contribution in [0.5, 0.6) is 5.75 Å². The van der Waals surface area contributed by atoms with Gasteiger partial charge in [-0.05, 0) is 43.7 Å². The second-order valence-electron chi connectivity index (χ2n) is 5.76. The monoisotopic (exact) mass is 274 g/mol. The quantitative estimate of drug-likeness (QED) is 0.897. The summed E-state index contributed by atoms with van der Waals surface area (Å²) >= 11 is 0. The fourth-order valence-electron chi connectivity index (χ4n) is 3.60. The summed E-state index contributed by atoms with van der Waals surface area (Å²) in [5.41, 5.74) is 0.800. The van der Waals surface area contributed by atoms with Crippen LogP contribution < -0.4 is 10.1 Å². The number of rotatable bonds is 2. The molecule has 2 aliphatic rings. The molecule has 1 N–H and O–H groups in total. The van der Waals surface area contributed by atoms with E-state index in [9.17, 15) is 4.79 Å². The van der Waals surface area contributed by atoms with E-state index in [1.165, 1.54) is 19.3 Å². The number of carbonyl (C=O) groups excluding carboxylic acids is 1. The van der Waals surface area contributed by atoms with Crippen molar-refractivity contribution in [3.05, 3.63) is 24.3 Å². The van der Waals surface area contributed by atoms with Crippen molar-refractivity contribution >= 4 is 11.7 Å². The highest BCUT2D eigenvalue weighted by Gasteiger charge is 2.37. The molecule has 1 saturated heterocycles. The number of anilines is 1. The third kappa shape index (κ3) is 2.60. The van der Waals surface area contributed by atoms with Gasteiger partial charge in [-0.3, -0.25) is 0 Å². The Bertz CT molecular complexity index is 489. The number of urea groups is 1. The first kappa shape index (κ1) is 13.3. The first-order valence-electron chi connectivity index (χ1n) is 7.49. The van der Waals surface area contributed by atoms with Crippen molar-refractivity contribution in [1.82, 2.24) is 4.90 Å². The maximum absolute atomic E-state index is 12.5. The van der Waals surface area contributed by atoms with Crippen LogP contribution in [0.25, 0.3) is 0 Å². The van der Waals surface area contributed by atoms with E-state index >= 15 is 0 Å². The maximum Gasteiger partial charge on any atom is 0.322 e. The fraction of sp³-hybridized carbons (Fsp3) is 0.562. The van der Waals surface area contributed by atoms with Crippen molar-refractivity contribution in [3.8, 4) is 5.75 Å². The highest BCUT2D eigenvalue weighted by Crippen LogP contribution is 2.37. The number of methoxy groups -OCH3 is 1. The lowest BCUT2D eigenvalue weighted by atomic mass is 9.92. The van der Waals surface area contributed by atoms with Gasteiger partial charge in [-0.2, -0.15) is 0 Å². The standard InChI is InChI=1S/C16H22N2O2/c1-20-14-8-3-7-13(11-14)17-16(19)18-10-4-6-12-5-2-9-15(12)18/h3,7-8,11-12,15H,2,4-6,9-10H2,1H3,(H,17,19)/t12-,15-/m0/s1. The summed E-state index contributed by atoms with van der Waals surface area (Å²) < 4.78 is 5.19. The SMILES string of the molecule is COc1cccc(NC(=O)N2CCC[C@@H]3CCC[C@@H]32)c1. The molecule has 1 aromatic carbocycles. The van der Waals surface area contributed by atoms with Crippen LogP contribution in [0.4, 0.5) is 10.5 Å². The first-order chi connectivity index (χ1) is 9.78. The van der Waals surface area contributed by atoms with Gasteiger partial charge in [0.25, 0.3) is 0 Å². The Morgan fingerprint density at radius 3 is 3.00 bits per heavy atom. The van der Waals surface area contributed by atoms with Crippen LogP contribution in [0.15, 0.2) is 24.3 Å². The molecule has 1 aliphatic carbocycles. The predicted octanol–water partition coefficient (Wildman–Crippen LogP) is 3.49. The number of nitrogens with zero attached hydrogens (tertiary/aromatic N) is 1. The van der Waals surface area contributed by atoms with Gasteiger partial charge in [-0.25, -0.2) is 4.79 Å². The van der Waals surface area contributed by atoms with E-state index in [0.717, 1.165) is 36.7 Å². The lowest BCUT2D eigenvalue weighted by molar-refractivity contribution is 0.138. The number of fused-ring (bicyclic) bond motifs is 1. The molecule has 0 bridgehead atoms. The van der Waals surface area contributed by atoms with E-state index < -0.39 is 0 Å². The summed E-state index contributed by atoms with van der Waals surface area (Å²) in [5, 5.41) is 3.01. The Morgan fingerprint density at radius 1 is 1.30 bits per heavy atom. The number of benzene rings is 1. The summed E-state index contributed by atoms with van der Waals surface area (Å²) in [7, 11) is 1.63. The molecule has 2 amide bonds. The number of amides is 2. The lowest BCUT2D eigenvalue weighted by Gasteiger charge is -2.37. The normalized spacial score (nSPS) is 25.1. The van der Waals surface area contributed by atoms with Crippen molar-refractivity contribution in [2.45, 2.75) is 38.1 Å². The summed E-state index contributed by atoms with van der Waals surface area (Å²) in [5.74, 6) is 1.49. The average Bonchev–Trinajstić information content (AvgIpc) is 2.95. The highest BCUT2D eigenvalue weighted by atomic mass is 16.5. The van der Waals surface area contributed by atoms with Crippen LogP contribution in [0.2, 0.25) is 0 Å². The van der Waals surface area contributed by atoms with Gasteiger partial charge >= 0.3 is 6.03 Å². The second kappa shape index (κ2) is 5.73. The van der Waals surface area contributed by atoms with E-state index in [2.05, 4.69) is 5.32 Å². The molecule has 1 heterocycles. The molecule has 20 heavy (non-hydrogen) atoms. The summed E-state index contributed by atoms with van der Waals surface area (Å²) in [6.45, 7) is 0.886. The minimum Gasteiger partial charge on any atom is -0.497 e. The summed E-state index contributed by atoms with van der Waals surface area (Å²) in [4.78, 5) is 14.5. The van der Waals surface area contributed by atoms with Crippen LogP contribution in [-0.4, -0.2) is 30.6 Å². The van der Waals surface area contributed by atoms with Gasteiger partial charge in [0, 0.05) is 24.3 Å². The van der Waals surface area contributed by atoms with Crippen molar-refractivity contribution < 1.29 is 9.53 Å². The number of ether oxygens (including phenoxy) is 1. The van der Waals surface area contributed by atoms with Crippen LogP contribution >= 0.6 is 0 Å². The molecule has 0 spiro atoms. The van der Waals surface area contributed by atoms with Crippen LogP contribution in [0.1, 0.15) is 32.1 Å². The zero-order chi connectivity index (χ0) is 13.9. The van der Waals surface area contributed by atoms with Crippen LogP contribution in [0, 0.1) is 5.92 Å². The van der Waals surface area contributed by atoms with E-state index in [1.54, 1.807) is 7.11 Å². The number of nitrogens with one attached hydrogen (secondary N) is 1. The molecular weight excluding hydrogens is 252 g/mol.